The predicted octanol–water partition coefficient (Wildman–Crippen LogP) is 4.71. The second kappa shape index (κ2) is 8.97. The van der Waals surface area contributed by atoms with Gasteiger partial charge in [0.2, 0.25) is 0 Å². The molecule has 0 spiro atoms. The van der Waals surface area contributed by atoms with Crippen LogP contribution in [0, 0.1) is 11.8 Å². The van der Waals surface area contributed by atoms with E-state index in [2.05, 4.69) is 25.9 Å². The molecule has 102 valence electrons. The molecule has 0 N–H and O–H groups in total. The molecule has 0 bridgehead atoms. The zero-order valence-electron chi connectivity index (χ0n) is 12.4. The third-order valence-corrected chi connectivity index (χ3v) is 4.51. The second-order valence-corrected chi connectivity index (χ2v) is 6.30. The van der Waals surface area contributed by atoms with Crippen molar-refractivity contribution in [2.24, 2.45) is 11.8 Å². The minimum atomic E-state index is 1.06. The Morgan fingerprint density at radius 2 is 1.41 bits per heavy atom. The van der Waals surface area contributed by atoms with E-state index in [0.717, 1.165) is 11.8 Å². The molecular weight excluding hydrogens is 206 g/mol. The summed E-state index contributed by atoms with van der Waals surface area (Å²) in [5, 5.41) is 0. The van der Waals surface area contributed by atoms with Gasteiger partial charge >= 0.3 is 0 Å². The number of nitrogens with zero attached hydrogens (tertiary/aromatic N) is 1. The SMILES string of the molecule is CCC1CCC(CCCCCCN(C)C)CC1. The fraction of sp³-hybridized carbons (Fsp3) is 1.00. The van der Waals surface area contributed by atoms with Crippen LogP contribution in [0.3, 0.4) is 0 Å². The Kier molecular flexibility index (Phi) is 7.92. The van der Waals surface area contributed by atoms with Gasteiger partial charge in [0, 0.05) is 0 Å². The van der Waals surface area contributed by atoms with E-state index < -0.39 is 0 Å². The molecule has 1 nitrogen and oxygen atoms in total. The Morgan fingerprint density at radius 1 is 0.824 bits per heavy atom. The maximum Gasteiger partial charge on any atom is -0.00248 e. The molecule has 0 amide bonds. The molecule has 0 unspecified atom stereocenters. The normalized spacial score (nSPS) is 25.4. The van der Waals surface area contributed by atoms with Crippen molar-refractivity contribution in [3.05, 3.63) is 0 Å². The smallest absolute Gasteiger partial charge is 0.00248 e. The molecule has 17 heavy (non-hydrogen) atoms. The highest BCUT2D eigenvalue weighted by Gasteiger charge is 2.19. The first-order chi connectivity index (χ1) is 8.22. The van der Waals surface area contributed by atoms with Gasteiger partial charge in [-0.2, -0.15) is 0 Å². The van der Waals surface area contributed by atoms with E-state index in [9.17, 15) is 0 Å². The van der Waals surface area contributed by atoms with E-state index in [4.69, 9.17) is 0 Å². The molecule has 1 fully saturated rings. The third-order valence-electron chi connectivity index (χ3n) is 4.51. The van der Waals surface area contributed by atoms with Crippen LogP contribution in [-0.4, -0.2) is 25.5 Å². The molecule has 0 aromatic heterocycles. The molecule has 1 aliphatic rings. The lowest BCUT2D eigenvalue weighted by molar-refractivity contribution is 0.253. The summed E-state index contributed by atoms with van der Waals surface area (Å²) in [6.07, 6.45) is 14.8. The number of unbranched alkanes of at least 4 members (excludes halogenated alkanes) is 3. The molecule has 0 heterocycles. The first kappa shape index (κ1) is 15.0. The molecule has 0 aliphatic heterocycles. The van der Waals surface area contributed by atoms with Crippen molar-refractivity contribution >= 4 is 0 Å². The summed E-state index contributed by atoms with van der Waals surface area (Å²) in [5.74, 6) is 2.14. The maximum atomic E-state index is 2.36. The Hall–Kier alpha value is -0.0400. The molecule has 1 aliphatic carbocycles. The lowest BCUT2D eigenvalue weighted by Gasteiger charge is -2.27. The Balaban J connectivity index is 1.90. The van der Waals surface area contributed by atoms with Crippen molar-refractivity contribution in [1.82, 2.24) is 4.90 Å². The van der Waals surface area contributed by atoms with E-state index in [1.807, 2.05) is 0 Å². The van der Waals surface area contributed by atoms with E-state index in [1.165, 1.54) is 70.8 Å². The Bertz CT molecular complexity index is 168. The quantitative estimate of drug-likeness (QED) is 0.554. The molecule has 1 saturated carbocycles. The van der Waals surface area contributed by atoms with Crippen LogP contribution in [0.4, 0.5) is 0 Å². The second-order valence-electron chi connectivity index (χ2n) is 6.30. The maximum absolute atomic E-state index is 2.36. The Morgan fingerprint density at radius 3 is 2.00 bits per heavy atom. The molecular formula is C16H33N. The van der Waals surface area contributed by atoms with E-state index >= 15 is 0 Å². The van der Waals surface area contributed by atoms with Crippen LogP contribution < -0.4 is 0 Å². The lowest BCUT2D eigenvalue weighted by Crippen LogP contribution is -2.14. The summed E-state index contributed by atoms with van der Waals surface area (Å²) in [6, 6.07) is 0. The molecule has 1 heteroatoms. The highest BCUT2D eigenvalue weighted by atomic mass is 15.0. The number of hydrogen-bond acceptors (Lipinski definition) is 1. The molecule has 0 radical (unpaired) electrons. The summed E-state index contributed by atoms with van der Waals surface area (Å²) in [4.78, 5) is 2.30. The minimum absolute atomic E-state index is 1.06. The molecule has 0 aromatic rings. The van der Waals surface area contributed by atoms with Gasteiger partial charge in [-0.05, 0) is 38.9 Å². The summed E-state index contributed by atoms with van der Waals surface area (Å²) < 4.78 is 0. The van der Waals surface area contributed by atoms with E-state index in [1.54, 1.807) is 0 Å². The highest BCUT2D eigenvalue weighted by Crippen LogP contribution is 2.33. The lowest BCUT2D eigenvalue weighted by atomic mass is 9.79. The fourth-order valence-electron chi connectivity index (χ4n) is 3.14. The first-order valence-corrected chi connectivity index (χ1v) is 7.87. The van der Waals surface area contributed by atoms with Gasteiger partial charge in [0.05, 0.1) is 0 Å². The Labute approximate surface area is 109 Å². The van der Waals surface area contributed by atoms with Gasteiger partial charge in [-0.15, -0.1) is 0 Å². The molecule has 0 atom stereocenters. The first-order valence-electron chi connectivity index (χ1n) is 7.87. The highest BCUT2D eigenvalue weighted by molar-refractivity contribution is 4.71. The van der Waals surface area contributed by atoms with Crippen LogP contribution in [0.2, 0.25) is 0 Å². The fourth-order valence-corrected chi connectivity index (χ4v) is 3.14. The number of rotatable bonds is 8. The largest absolute Gasteiger partial charge is 0.309 e. The summed E-state index contributed by atoms with van der Waals surface area (Å²) in [5.41, 5.74) is 0. The van der Waals surface area contributed by atoms with Crippen molar-refractivity contribution in [3.63, 3.8) is 0 Å². The van der Waals surface area contributed by atoms with Gasteiger partial charge in [-0.1, -0.05) is 64.7 Å². The predicted molar refractivity (Wildman–Crippen MR) is 77.4 cm³/mol. The van der Waals surface area contributed by atoms with Crippen LogP contribution in [0.25, 0.3) is 0 Å². The summed E-state index contributed by atoms with van der Waals surface area (Å²) in [7, 11) is 4.35. The monoisotopic (exact) mass is 239 g/mol. The summed E-state index contributed by atoms with van der Waals surface area (Å²) >= 11 is 0. The van der Waals surface area contributed by atoms with Crippen molar-refractivity contribution in [1.29, 1.82) is 0 Å². The third kappa shape index (κ3) is 7.08. The molecule has 1 rings (SSSR count). The van der Waals surface area contributed by atoms with Gasteiger partial charge in [-0.25, -0.2) is 0 Å². The van der Waals surface area contributed by atoms with Gasteiger partial charge in [0.25, 0.3) is 0 Å². The van der Waals surface area contributed by atoms with Crippen molar-refractivity contribution in [3.8, 4) is 0 Å². The topological polar surface area (TPSA) is 3.24 Å². The molecule has 0 saturated heterocycles. The van der Waals surface area contributed by atoms with Crippen LogP contribution in [0.5, 0.6) is 0 Å². The average molecular weight is 239 g/mol. The minimum Gasteiger partial charge on any atom is -0.309 e. The number of hydrogen-bond donors (Lipinski definition) is 0. The zero-order valence-corrected chi connectivity index (χ0v) is 12.4. The van der Waals surface area contributed by atoms with Crippen LogP contribution >= 0.6 is 0 Å². The van der Waals surface area contributed by atoms with Crippen molar-refractivity contribution in [2.75, 3.05) is 20.6 Å². The van der Waals surface area contributed by atoms with Crippen molar-refractivity contribution < 1.29 is 0 Å². The van der Waals surface area contributed by atoms with Crippen LogP contribution in [0.15, 0.2) is 0 Å². The van der Waals surface area contributed by atoms with Gasteiger partial charge < -0.3 is 4.90 Å². The average Bonchev–Trinajstić information content (AvgIpc) is 2.34. The molecule has 0 aromatic carbocycles. The van der Waals surface area contributed by atoms with Crippen LogP contribution in [-0.2, 0) is 0 Å². The van der Waals surface area contributed by atoms with Gasteiger partial charge in [0.1, 0.15) is 0 Å². The van der Waals surface area contributed by atoms with E-state index in [0.29, 0.717) is 0 Å². The standard InChI is InChI=1S/C16H33N/c1-4-15-10-12-16(13-11-15)9-7-5-6-8-14-17(2)3/h15-16H,4-14H2,1-3H3. The van der Waals surface area contributed by atoms with Crippen molar-refractivity contribution in [2.45, 2.75) is 71.1 Å². The zero-order chi connectivity index (χ0) is 12.5. The van der Waals surface area contributed by atoms with Crippen LogP contribution in [0.1, 0.15) is 71.1 Å². The van der Waals surface area contributed by atoms with Gasteiger partial charge in [0.15, 0.2) is 0 Å². The van der Waals surface area contributed by atoms with Gasteiger partial charge in [-0.3, -0.25) is 0 Å². The van der Waals surface area contributed by atoms with E-state index in [-0.39, 0.29) is 0 Å². The summed E-state index contributed by atoms with van der Waals surface area (Å²) in [6.45, 7) is 3.62.